The van der Waals surface area contributed by atoms with E-state index in [9.17, 15) is 4.79 Å². The van der Waals surface area contributed by atoms with E-state index in [1.165, 1.54) is 6.07 Å². The molecule has 0 bridgehead atoms. The number of carboxylic acid groups (broad SMARTS) is 1. The summed E-state index contributed by atoms with van der Waals surface area (Å²) in [5.74, 6) is -0.686. The first kappa shape index (κ1) is 15.3. The van der Waals surface area contributed by atoms with Gasteiger partial charge in [-0.05, 0) is 24.6 Å². The van der Waals surface area contributed by atoms with Crippen molar-refractivity contribution in [1.82, 2.24) is 0 Å². The van der Waals surface area contributed by atoms with Crippen LogP contribution in [0.4, 0.5) is 0 Å². The van der Waals surface area contributed by atoms with E-state index in [-0.39, 0.29) is 37.7 Å². The number of carbonyl (C=O) groups is 1. The zero-order valence-corrected chi connectivity index (χ0v) is 11.8. The first-order valence-corrected chi connectivity index (χ1v) is 4.56. The van der Waals surface area contributed by atoms with Crippen molar-refractivity contribution < 1.29 is 14.6 Å². The normalized spacial score (nSPS) is 9.27. The predicted molar refractivity (Wildman–Crippen MR) is 60.1 cm³/mol. The van der Waals surface area contributed by atoms with Gasteiger partial charge in [-0.3, -0.25) is 0 Å². The summed E-state index contributed by atoms with van der Waals surface area (Å²) in [6, 6.07) is 3.16. The molecule has 0 unspecified atom stereocenters. The molecule has 0 heterocycles. The van der Waals surface area contributed by atoms with E-state index in [1.807, 2.05) is 0 Å². The largest absolute Gasteiger partial charge is 2.00 e. The summed E-state index contributed by atoms with van der Waals surface area (Å²) < 4.78 is 4.99. The summed E-state index contributed by atoms with van der Waals surface area (Å²) in [6.45, 7) is 1.33. The molecule has 0 fully saturated rings. The number of benzene rings is 1. The first-order chi connectivity index (χ1) is 6.50. The van der Waals surface area contributed by atoms with Crippen molar-refractivity contribution in [3.8, 4) is 5.75 Å². The van der Waals surface area contributed by atoms with E-state index < -0.39 is 12.6 Å². The van der Waals surface area contributed by atoms with Gasteiger partial charge in [0, 0.05) is 5.02 Å². The average Bonchev–Trinajstić information content (AvgIpc) is 2.01. The number of hydrogen-bond donors (Lipinski definition) is 1. The molecule has 1 aromatic rings. The quantitative estimate of drug-likeness (QED) is 0.861. The van der Waals surface area contributed by atoms with Crippen molar-refractivity contribution in [3.05, 3.63) is 27.7 Å². The van der Waals surface area contributed by atoms with Gasteiger partial charge in [-0.2, -0.15) is 0 Å². The zero-order chi connectivity index (χ0) is 10.7. The van der Waals surface area contributed by atoms with Crippen molar-refractivity contribution in [2.24, 2.45) is 0 Å². The minimum atomic E-state index is -1.05. The molecule has 0 aliphatic carbocycles. The number of rotatable bonds is 3. The number of hydrogen-bond acceptors (Lipinski definition) is 2. The van der Waals surface area contributed by atoms with Gasteiger partial charge >= 0.3 is 43.7 Å². The van der Waals surface area contributed by atoms with Gasteiger partial charge < -0.3 is 9.84 Å². The van der Waals surface area contributed by atoms with E-state index in [0.717, 1.165) is 0 Å². The number of ether oxygens (including phenoxy) is 1. The summed E-state index contributed by atoms with van der Waals surface area (Å²) in [5.41, 5.74) is 0.712. The Labute approximate surface area is 127 Å². The molecule has 76 valence electrons. The van der Waals surface area contributed by atoms with Crippen molar-refractivity contribution >= 4 is 66.9 Å². The van der Waals surface area contributed by atoms with Crippen LogP contribution in [-0.2, 0) is 4.79 Å². The van der Waals surface area contributed by atoms with Crippen LogP contribution < -0.4 is 4.74 Å². The molecule has 0 amide bonds. The van der Waals surface area contributed by atoms with Crippen LogP contribution in [-0.4, -0.2) is 55.4 Å². The fourth-order valence-electron chi connectivity index (χ4n) is 1.01. The van der Waals surface area contributed by atoms with Crippen LogP contribution in [0.3, 0.4) is 0 Å². The Morgan fingerprint density at radius 3 is 2.53 bits per heavy atom. The molecule has 0 aliphatic rings. The third-order valence-corrected chi connectivity index (χ3v) is 2.03. The van der Waals surface area contributed by atoms with E-state index in [0.29, 0.717) is 21.4 Å². The number of carboxylic acids is 1. The Bertz CT molecular complexity index is 345. The number of aliphatic carboxylic acids is 1. The molecule has 15 heavy (non-hydrogen) atoms. The molecule has 6 heteroatoms. The average molecular weight is 275 g/mol. The second kappa shape index (κ2) is 6.81. The SMILES string of the molecule is Cc1cc(Cl)cc(Cl)c1OCC(=O)O.[Ca+2]. The van der Waals surface area contributed by atoms with Crippen LogP contribution >= 0.6 is 23.2 Å². The number of halogens is 2. The second-order valence-corrected chi connectivity index (χ2v) is 3.56. The standard InChI is InChI=1S/C9H8Cl2O3.Ca/c1-5-2-6(10)3-7(11)9(5)14-4-8(12)13;/h2-3H,4H2,1H3,(H,12,13);/q;+2. The van der Waals surface area contributed by atoms with Crippen molar-refractivity contribution in [3.63, 3.8) is 0 Å². The van der Waals surface area contributed by atoms with E-state index in [2.05, 4.69) is 0 Å². The fourth-order valence-corrected chi connectivity index (χ4v) is 1.66. The van der Waals surface area contributed by atoms with Gasteiger partial charge in [-0.15, -0.1) is 0 Å². The van der Waals surface area contributed by atoms with Gasteiger partial charge in [0.15, 0.2) is 6.61 Å². The Morgan fingerprint density at radius 1 is 1.47 bits per heavy atom. The summed E-state index contributed by atoms with van der Waals surface area (Å²) in [7, 11) is 0. The molecule has 0 saturated carbocycles. The van der Waals surface area contributed by atoms with E-state index in [4.69, 9.17) is 33.0 Å². The molecule has 0 aromatic heterocycles. The Morgan fingerprint density at radius 2 is 2.07 bits per heavy atom. The molecule has 0 saturated heterocycles. The van der Waals surface area contributed by atoms with Gasteiger partial charge in [0.2, 0.25) is 0 Å². The van der Waals surface area contributed by atoms with Gasteiger partial charge in [0.1, 0.15) is 5.75 Å². The Hall–Kier alpha value is 0.330. The molecule has 1 N–H and O–H groups in total. The summed E-state index contributed by atoms with van der Waals surface area (Å²) in [6.07, 6.45) is 0. The molecule has 0 atom stereocenters. The molecular formula is C9H8CaCl2O3+2. The summed E-state index contributed by atoms with van der Waals surface area (Å²) in [4.78, 5) is 10.3. The maximum absolute atomic E-state index is 10.3. The van der Waals surface area contributed by atoms with Crippen molar-refractivity contribution in [1.29, 1.82) is 0 Å². The molecule has 1 rings (SSSR count). The van der Waals surface area contributed by atoms with Crippen LogP contribution in [0.25, 0.3) is 0 Å². The summed E-state index contributed by atoms with van der Waals surface area (Å²) >= 11 is 11.5. The van der Waals surface area contributed by atoms with Gasteiger partial charge in [0.05, 0.1) is 5.02 Å². The van der Waals surface area contributed by atoms with Crippen LogP contribution in [0.1, 0.15) is 5.56 Å². The first-order valence-electron chi connectivity index (χ1n) is 3.81. The van der Waals surface area contributed by atoms with Crippen LogP contribution in [0.15, 0.2) is 12.1 Å². The number of aryl methyl sites for hydroxylation is 1. The van der Waals surface area contributed by atoms with Gasteiger partial charge in [0.25, 0.3) is 0 Å². The maximum atomic E-state index is 10.3. The predicted octanol–water partition coefficient (Wildman–Crippen LogP) is 2.38. The van der Waals surface area contributed by atoms with E-state index >= 15 is 0 Å². The molecule has 0 spiro atoms. The Balaban J connectivity index is 0.00000196. The minimum Gasteiger partial charge on any atom is -0.480 e. The zero-order valence-electron chi connectivity index (χ0n) is 8.09. The Kier molecular flexibility index (Phi) is 6.96. The topological polar surface area (TPSA) is 46.5 Å². The summed E-state index contributed by atoms with van der Waals surface area (Å²) in [5, 5.41) is 9.23. The molecule has 0 radical (unpaired) electrons. The van der Waals surface area contributed by atoms with Gasteiger partial charge in [-0.1, -0.05) is 23.2 Å². The van der Waals surface area contributed by atoms with Crippen molar-refractivity contribution in [2.45, 2.75) is 6.92 Å². The third-order valence-electron chi connectivity index (χ3n) is 1.53. The van der Waals surface area contributed by atoms with Crippen LogP contribution in [0.2, 0.25) is 10.0 Å². The van der Waals surface area contributed by atoms with E-state index in [1.54, 1.807) is 13.0 Å². The maximum Gasteiger partial charge on any atom is 2.00 e. The minimum absolute atomic E-state index is 0. The molecule has 0 aliphatic heterocycles. The molecular weight excluding hydrogens is 267 g/mol. The second-order valence-electron chi connectivity index (χ2n) is 2.72. The smallest absolute Gasteiger partial charge is 0.480 e. The third kappa shape index (κ3) is 4.79. The molecule has 3 nitrogen and oxygen atoms in total. The van der Waals surface area contributed by atoms with Crippen LogP contribution in [0.5, 0.6) is 5.75 Å². The monoisotopic (exact) mass is 274 g/mol. The molecule has 1 aromatic carbocycles. The van der Waals surface area contributed by atoms with Crippen molar-refractivity contribution in [2.75, 3.05) is 6.61 Å². The van der Waals surface area contributed by atoms with Crippen LogP contribution in [0, 0.1) is 6.92 Å². The van der Waals surface area contributed by atoms with Gasteiger partial charge in [-0.25, -0.2) is 4.79 Å². The fraction of sp³-hybridized carbons (Fsp3) is 0.222.